The van der Waals surface area contributed by atoms with Crippen LogP contribution in [0.1, 0.15) is 32.3 Å². The molecule has 2 amide bonds. The molecule has 134 valence electrons. The smallest absolute Gasteiger partial charge is 0.417 e. The van der Waals surface area contributed by atoms with Crippen LogP contribution in [-0.2, 0) is 9.53 Å². The first kappa shape index (κ1) is 18.9. The maximum absolute atomic E-state index is 12.4. The van der Waals surface area contributed by atoms with E-state index >= 15 is 0 Å². The highest BCUT2D eigenvalue weighted by molar-refractivity contribution is 6.30. The fourth-order valence-corrected chi connectivity index (χ4v) is 2.74. The zero-order valence-corrected chi connectivity index (χ0v) is 14.9. The van der Waals surface area contributed by atoms with Crippen LogP contribution in [0.5, 0.6) is 0 Å². The number of carbonyl (C=O) groups is 2. The standard InChI is InChI=1S/C17H19ClN2O5/c1-17(2,3)25-16(22)20-14(8-9-15(20)21)13(10-19(23)24)11-4-6-12(18)7-5-11/h4-9,13-14H,10H2,1-3H3/t13-,14+/m0/s1. The van der Waals surface area contributed by atoms with Crippen molar-refractivity contribution in [3.05, 3.63) is 57.1 Å². The summed E-state index contributed by atoms with van der Waals surface area (Å²) >= 11 is 5.87. The number of ether oxygens (including phenoxy) is 1. The summed E-state index contributed by atoms with van der Waals surface area (Å²) in [6, 6.07) is 5.74. The number of nitrogens with zero attached hydrogens (tertiary/aromatic N) is 2. The van der Waals surface area contributed by atoms with Crippen LogP contribution in [0.3, 0.4) is 0 Å². The Morgan fingerprint density at radius 2 is 1.96 bits per heavy atom. The Bertz CT molecular complexity index is 709. The van der Waals surface area contributed by atoms with E-state index in [1.165, 1.54) is 12.2 Å². The molecule has 2 rings (SSSR count). The first-order valence-electron chi connectivity index (χ1n) is 7.70. The Morgan fingerprint density at radius 1 is 1.36 bits per heavy atom. The SMILES string of the molecule is CC(C)(C)OC(=O)N1C(=O)C=C[C@@H]1[C@@H](C[N+](=O)[O-])c1ccc(Cl)cc1. The van der Waals surface area contributed by atoms with Gasteiger partial charge in [-0.25, -0.2) is 9.69 Å². The predicted octanol–water partition coefficient (Wildman–Crippen LogP) is 3.40. The molecule has 7 nitrogen and oxygen atoms in total. The topological polar surface area (TPSA) is 89.8 Å². The first-order chi connectivity index (χ1) is 11.6. The minimum atomic E-state index is -0.824. The number of halogens is 1. The third kappa shape index (κ3) is 4.79. The number of nitro groups is 1. The van der Waals surface area contributed by atoms with Gasteiger partial charge in [0.25, 0.3) is 5.91 Å². The molecule has 0 aromatic heterocycles. The Labute approximate surface area is 150 Å². The second-order valence-electron chi connectivity index (χ2n) is 6.71. The number of rotatable bonds is 4. The lowest BCUT2D eigenvalue weighted by molar-refractivity contribution is -0.484. The van der Waals surface area contributed by atoms with Gasteiger partial charge in [0.1, 0.15) is 5.60 Å². The third-order valence-corrected chi connectivity index (χ3v) is 3.87. The molecule has 25 heavy (non-hydrogen) atoms. The zero-order chi connectivity index (χ0) is 18.8. The quantitative estimate of drug-likeness (QED) is 0.601. The fraction of sp³-hybridized carbons (Fsp3) is 0.412. The van der Waals surface area contributed by atoms with Crippen molar-refractivity contribution in [3.63, 3.8) is 0 Å². The lowest BCUT2D eigenvalue weighted by atomic mass is 9.91. The van der Waals surface area contributed by atoms with Gasteiger partial charge < -0.3 is 4.74 Å². The summed E-state index contributed by atoms with van der Waals surface area (Å²) in [5.74, 6) is -1.26. The fourth-order valence-electron chi connectivity index (χ4n) is 2.61. The van der Waals surface area contributed by atoms with Crippen LogP contribution in [0.4, 0.5) is 4.79 Å². The molecule has 1 heterocycles. The molecule has 0 aliphatic carbocycles. The summed E-state index contributed by atoms with van der Waals surface area (Å²) < 4.78 is 5.27. The highest BCUT2D eigenvalue weighted by atomic mass is 35.5. The number of hydrogen-bond donors (Lipinski definition) is 0. The number of carbonyl (C=O) groups excluding carboxylic acids is 2. The molecule has 0 unspecified atom stereocenters. The van der Waals surface area contributed by atoms with Crippen molar-refractivity contribution in [2.24, 2.45) is 0 Å². The van der Waals surface area contributed by atoms with Crippen molar-refractivity contribution in [1.29, 1.82) is 0 Å². The van der Waals surface area contributed by atoms with Crippen molar-refractivity contribution in [2.75, 3.05) is 6.54 Å². The highest BCUT2D eigenvalue weighted by Gasteiger charge is 2.41. The van der Waals surface area contributed by atoms with Gasteiger partial charge in [0.2, 0.25) is 6.54 Å². The average Bonchev–Trinajstić information content (AvgIpc) is 2.85. The second-order valence-corrected chi connectivity index (χ2v) is 7.15. The van der Waals surface area contributed by atoms with Crippen molar-refractivity contribution in [1.82, 2.24) is 4.90 Å². The summed E-state index contributed by atoms with van der Waals surface area (Å²) in [6.07, 6.45) is 1.90. The maximum Gasteiger partial charge on any atom is 0.417 e. The van der Waals surface area contributed by atoms with Crippen molar-refractivity contribution < 1.29 is 19.2 Å². The van der Waals surface area contributed by atoms with Gasteiger partial charge in [0, 0.05) is 16.0 Å². The first-order valence-corrected chi connectivity index (χ1v) is 8.08. The molecule has 0 fully saturated rings. The van der Waals surface area contributed by atoms with Gasteiger partial charge in [-0.15, -0.1) is 0 Å². The van der Waals surface area contributed by atoms with Crippen LogP contribution in [0.15, 0.2) is 36.4 Å². The van der Waals surface area contributed by atoms with Crippen LogP contribution < -0.4 is 0 Å². The van der Waals surface area contributed by atoms with E-state index in [1.54, 1.807) is 45.0 Å². The van der Waals surface area contributed by atoms with Crippen LogP contribution in [0, 0.1) is 10.1 Å². The van der Waals surface area contributed by atoms with E-state index in [0.29, 0.717) is 10.6 Å². The van der Waals surface area contributed by atoms with E-state index in [1.807, 2.05) is 0 Å². The second kappa shape index (κ2) is 7.23. The third-order valence-electron chi connectivity index (χ3n) is 3.62. The van der Waals surface area contributed by atoms with E-state index < -0.39 is 41.0 Å². The monoisotopic (exact) mass is 366 g/mol. The number of imide groups is 1. The molecule has 8 heteroatoms. The van der Waals surface area contributed by atoms with E-state index in [-0.39, 0.29) is 0 Å². The molecular formula is C17H19ClN2O5. The highest BCUT2D eigenvalue weighted by Crippen LogP contribution is 2.30. The van der Waals surface area contributed by atoms with Gasteiger partial charge in [-0.05, 0) is 38.5 Å². The largest absolute Gasteiger partial charge is 0.443 e. The molecule has 0 saturated heterocycles. The van der Waals surface area contributed by atoms with Crippen molar-refractivity contribution in [2.45, 2.75) is 38.3 Å². The van der Waals surface area contributed by atoms with E-state index in [2.05, 4.69) is 0 Å². The van der Waals surface area contributed by atoms with Gasteiger partial charge in [-0.2, -0.15) is 0 Å². The molecule has 1 aliphatic rings. The molecule has 1 aromatic rings. The molecular weight excluding hydrogens is 348 g/mol. The lowest BCUT2D eigenvalue weighted by Gasteiger charge is -2.30. The zero-order valence-electron chi connectivity index (χ0n) is 14.1. The van der Waals surface area contributed by atoms with Gasteiger partial charge in [-0.1, -0.05) is 29.8 Å². The number of benzene rings is 1. The Kier molecular flexibility index (Phi) is 5.47. The minimum Gasteiger partial charge on any atom is -0.443 e. The van der Waals surface area contributed by atoms with Crippen LogP contribution in [0.2, 0.25) is 5.02 Å². The Morgan fingerprint density at radius 3 is 2.48 bits per heavy atom. The van der Waals surface area contributed by atoms with Crippen LogP contribution in [0.25, 0.3) is 0 Å². The average molecular weight is 367 g/mol. The van der Waals surface area contributed by atoms with Gasteiger partial charge in [0.05, 0.1) is 12.0 Å². The minimum absolute atomic E-state index is 0.441. The molecule has 0 spiro atoms. The summed E-state index contributed by atoms with van der Waals surface area (Å²) in [4.78, 5) is 36.1. The predicted molar refractivity (Wildman–Crippen MR) is 92.1 cm³/mol. The molecule has 1 aliphatic heterocycles. The van der Waals surface area contributed by atoms with Crippen LogP contribution >= 0.6 is 11.6 Å². The van der Waals surface area contributed by atoms with E-state index in [0.717, 1.165) is 4.90 Å². The maximum atomic E-state index is 12.4. The number of amides is 2. The van der Waals surface area contributed by atoms with Gasteiger partial charge in [-0.3, -0.25) is 14.9 Å². The Hall–Kier alpha value is -2.41. The van der Waals surface area contributed by atoms with E-state index in [4.69, 9.17) is 16.3 Å². The lowest BCUT2D eigenvalue weighted by Crippen LogP contribution is -2.46. The molecule has 0 bridgehead atoms. The molecule has 0 radical (unpaired) electrons. The summed E-state index contributed by atoms with van der Waals surface area (Å²) in [5.41, 5.74) is -0.178. The summed E-state index contributed by atoms with van der Waals surface area (Å²) in [6.45, 7) is 4.61. The van der Waals surface area contributed by atoms with Gasteiger partial charge in [0.15, 0.2) is 0 Å². The van der Waals surface area contributed by atoms with Crippen molar-refractivity contribution >= 4 is 23.6 Å². The molecule has 1 aromatic carbocycles. The van der Waals surface area contributed by atoms with Crippen molar-refractivity contribution in [3.8, 4) is 0 Å². The van der Waals surface area contributed by atoms with Gasteiger partial charge >= 0.3 is 6.09 Å². The van der Waals surface area contributed by atoms with Crippen LogP contribution in [-0.4, -0.2) is 40.0 Å². The molecule has 0 N–H and O–H groups in total. The van der Waals surface area contributed by atoms with E-state index in [9.17, 15) is 19.7 Å². The number of hydrogen-bond acceptors (Lipinski definition) is 5. The summed E-state index contributed by atoms with van der Waals surface area (Å²) in [5, 5.41) is 11.6. The molecule has 0 saturated carbocycles. The normalized spacial score (nSPS) is 18.3. The Balaban J connectivity index is 2.35. The summed E-state index contributed by atoms with van der Waals surface area (Å²) in [7, 11) is 0. The molecule has 2 atom stereocenters.